The molecule has 0 amide bonds. The van der Waals surface area contributed by atoms with Crippen molar-refractivity contribution in [1.29, 1.82) is 0 Å². The van der Waals surface area contributed by atoms with Crippen LogP contribution in [-0.2, 0) is 0 Å². The summed E-state index contributed by atoms with van der Waals surface area (Å²) in [6, 6.07) is 18.3. The van der Waals surface area contributed by atoms with Crippen molar-refractivity contribution in [3.8, 4) is 0 Å². The van der Waals surface area contributed by atoms with Crippen LogP contribution in [0, 0.1) is 0 Å². The van der Waals surface area contributed by atoms with Crippen molar-refractivity contribution in [1.82, 2.24) is 15.0 Å². The summed E-state index contributed by atoms with van der Waals surface area (Å²) in [6.45, 7) is 2.12. The maximum absolute atomic E-state index is 4.32. The van der Waals surface area contributed by atoms with E-state index in [1.54, 1.807) is 0 Å². The summed E-state index contributed by atoms with van der Waals surface area (Å²) in [6.07, 6.45) is 3.09. The maximum Gasteiger partial charge on any atom is 0.132 e. The van der Waals surface area contributed by atoms with Gasteiger partial charge in [-0.1, -0.05) is 42.5 Å². The predicted octanol–water partition coefficient (Wildman–Crippen LogP) is 3.78. The SMILES string of the molecule is CC/C=C(/N(C)c1ccccc1)n1nnc2ccccc21. The van der Waals surface area contributed by atoms with Crippen LogP contribution in [0.4, 0.5) is 5.69 Å². The number of benzene rings is 2. The van der Waals surface area contributed by atoms with Crippen molar-refractivity contribution >= 4 is 22.5 Å². The van der Waals surface area contributed by atoms with Gasteiger partial charge in [0.05, 0.1) is 5.52 Å². The van der Waals surface area contributed by atoms with Gasteiger partial charge in [0.2, 0.25) is 0 Å². The molecule has 4 nitrogen and oxygen atoms in total. The van der Waals surface area contributed by atoms with Crippen LogP contribution < -0.4 is 4.90 Å². The Bertz CT molecular complexity index is 759. The minimum Gasteiger partial charge on any atom is -0.330 e. The molecule has 0 saturated heterocycles. The van der Waals surface area contributed by atoms with Crippen LogP contribution in [0.5, 0.6) is 0 Å². The Hall–Kier alpha value is -2.62. The summed E-state index contributed by atoms with van der Waals surface area (Å²) in [5, 5.41) is 8.56. The van der Waals surface area contributed by atoms with Gasteiger partial charge in [-0.25, -0.2) is 0 Å². The van der Waals surface area contributed by atoms with E-state index in [9.17, 15) is 0 Å². The molecule has 4 heteroatoms. The van der Waals surface area contributed by atoms with Crippen molar-refractivity contribution in [2.75, 3.05) is 11.9 Å². The summed E-state index contributed by atoms with van der Waals surface area (Å²) in [4.78, 5) is 2.13. The summed E-state index contributed by atoms with van der Waals surface area (Å²) < 4.78 is 1.89. The van der Waals surface area contributed by atoms with Gasteiger partial charge in [-0.15, -0.1) is 5.10 Å². The molecule has 0 aliphatic heterocycles. The van der Waals surface area contributed by atoms with E-state index >= 15 is 0 Å². The summed E-state index contributed by atoms with van der Waals surface area (Å²) in [5.41, 5.74) is 3.04. The Morgan fingerprint density at radius 1 is 1.10 bits per heavy atom. The van der Waals surface area contributed by atoms with Crippen LogP contribution in [0.25, 0.3) is 16.9 Å². The average molecular weight is 278 g/mol. The lowest BCUT2D eigenvalue weighted by atomic mass is 10.3. The number of hydrogen-bond acceptors (Lipinski definition) is 3. The van der Waals surface area contributed by atoms with Crippen molar-refractivity contribution in [3.63, 3.8) is 0 Å². The summed E-state index contributed by atoms with van der Waals surface area (Å²) in [7, 11) is 2.05. The van der Waals surface area contributed by atoms with Crippen LogP contribution in [-0.4, -0.2) is 22.0 Å². The van der Waals surface area contributed by atoms with Gasteiger partial charge in [-0.2, -0.15) is 4.68 Å². The lowest BCUT2D eigenvalue weighted by molar-refractivity contribution is 0.812. The van der Waals surface area contributed by atoms with Crippen molar-refractivity contribution in [2.45, 2.75) is 13.3 Å². The molecule has 1 heterocycles. The van der Waals surface area contributed by atoms with E-state index in [0.29, 0.717) is 0 Å². The molecule has 1 aromatic heterocycles. The first-order chi connectivity index (χ1) is 10.3. The van der Waals surface area contributed by atoms with Crippen molar-refractivity contribution < 1.29 is 0 Å². The molecule has 3 aromatic rings. The Labute approximate surface area is 124 Å². The number of nitrogens with zero attached hydrogens (tertiary/aromatic N) is 4. The minimum atomic E-state index is 0.904. The second kappa shape index (κ2) is 5.79. The van der Waals surface area contributed by atoms with Gasteiger partial charge in [-0.3, -0.25) is 0 Å². The van der Waals surface area contributed by atoms with E-state index in [2.05, 4.69) is 40.3 Å². The highest BCUT2D eigenvalue weighted by Gasteiger charge is 2.13. The van der Waals surface area contributed by atoms with Crippen LogP contribution >= 0.6 is 0 Å². The highest BCUT2D eigenvalue weighted by molar-refractivity contribution is 5.80. The topological polar surface area (TPSA) is 34.0 Å². The zero-order valence-electron chi connectivity index (χ0n) is 12.3. The van der Waals surface area contributed by atoms with E-state index in [4.69, 9.17) is 0 Å². The number of para-hydroxylation sites is 2. The summed E-state index contributed by atoms with van der Waals surface area (Å²) >= 11 is 0. The number of rotatable bonds is 4. The molecule has 3 rings (SSSR count). The van der Waals surface area contributed by atoms with Crippen LogP contribution in [0.1, 0.15) is 13.3 Å². The van der Waals surface area contributed by atoms with Gasteiger partial charge in [0.25, 0.3) is 0 Å². The molecule has 0 N–H and O–H groups in total. The molecule has 0 saturated carbocycles. The normalized spacial score (nSPS) is 11.8. The molecule has 0 atom stereocenters. The Balaban J connectivity index is 2.09. The molecule has 0 bridgehead atoms. The molecule has 0 aliphatic carbocycles. The van der Waals surface area contributed by atoms with Crippen LogP contribution in [0.3, 0.4) is 0 Å². The molecule has 0 unspecified atom stereocenters. The first kappa shape index (κ1) is 13.4. The lowest BCUT2D eigenvalue weighted by Crippen LogP contribution is -2.21. The number of fused-ring (bicyclic) bond motifs is 1. The standard InChI is InChI=1S/C17H18N4/c1-3-9-17(20(2)14-10-5-4-6-11-14)21-16-13-8-7-12-15(16)18-19-21/h4-13H,3H2,1-2H3/b17-9-. The van der Waals surface area contributed by atoms with E-state index in [0.717, 1.165) is 29.0 Å². The number of aromatic nitrogens is 3. The second-order valence-corrected chi connectivity index (χ2v) is 4.86. The molecule has 0 radical (unpaired) electrons. The highest BCUT2D eigenvalue weighted by atomic mass is 15.5. The van der Waals surface area contributed by atoms with Gasteiger partial charge >= 0.3 is 0 Å². The van der Waals surface area contributed by atoms with Crippen LogP contribution in [0.15, 0.2) is 60.7 Å². The third-order valence-electron chi connectivity index (χ3n) is 3.44. The number of anilines is 1. The van der Waals surface area contributed by atoms with Crippen LogP contribution in [0.2, 0.25) is 0 Å². The van der Waals surface area contributed by atoms with Gasteiger partial charge < -0.3 is 4.90 Å². The molecule has 0 spiro atoms. The van der Waals surface area contributed by atoms with E-state index < -0.39 is 0 Å². The molecule has 2 aromatic carbocycles. The fraction of sp³-hybridized carbons (Fsp3) is 0.176. The lowest BCUT2D eigenvalue weighted by Gasteiger charge is -2.22. The predicted molar refractivity (Wildman–Crippen MR) is 86.9 cm³/mol. The summed E-state index contributed by atoms with van der Waals surface area (Å²) in [5.74, 6) is 1.01. The third kappa shape index (κ3) is 2.52. The van der Waals surface area contributed by atoms with Gasteiger partial charge in [-0.05, 0) is 36.8 Å². The Morgan fingerprint density at radius 3 is 2.57 bits per heavy atom. The average Bonchev–Trinajstić information content (AvgIpc) is 2.97. The molecular weight excluding hydrogens is 260 g/mol. The van der Waals surface area contributed by atoms with Crippen molar-refractivity contribution in [2.24, 2.45) is 0 Å². The molecule has 106 valence electrons. The fourth-order valence-electron chi connectivity index (χ4n) is 2.37. The quantitative estimate of drug-likeness (QED) is 0.728. The number of hydrogen-bond donors (Lipinski definition) is 0. The zero-order valence-corrected chi connectivity index (χ0v) is 12.3. The molecular formula is C17H18N4. The van der Waals surface area contributed by atoms with Crippen molar-refractivity contribution in [3.05, 3.63) is 60.7 Å². The van der Waals surface area contributed by atoms with E-state index in [1.165, 1.54) is 0 Å². The smallest absolute Gasteiger partial charge is 0.132 e. The number of allylic oxidation sites excluding steroid dienone is 1. The molecule has 0 aliphatic rings. The highest BCUT2D eigenvalue weighted by Crippen LogP contribution is 2.23. The zero-order chi connectivity index (χ0) is 14.7. The van der Waals surface area contributed by atoms with E-state index in [-0.39, 0.29) is 0 Å². The first-order valence-electron chi connectivity index (χ1n) is 7.11. The largest absolute Gasteiger partial charge is 0.330 e. The minimum absolute atomic E-state index is 0.904. The Morgan fingerprint density at radius 2 is 1.81 bits per heavy atom. The van der Waals surface area contributed by atoms with Gasteiger partial charge in [0, 0.05) is 12.7 Å². The molecule has 0 fully saturated rings. The van der Waals surface area contributed by atoms with E-state index in [1.807, 2.05) is 54.2 Å². The fourth-order valence-corrected chi connectivity index (χ4v) is 2.37. The molecule has 21 heavy (non-hydrogen) atoms. The van der Waals surface area contributed by atoms with Gasteiger partial charge in [0.1, 0.15) is 11.3 Å². The Kier molecular flexibility index (Phi) is 3.69. The third-order valence-corrected chi connectivity index (χ3v) is 3.44. The maximum atomic E-state index is 4.32. The van der Waals surface area contributed by atoms with Gasteiger partial charge in [0.15, 0.2) is 0 Å². The second-order valence-electron chi connectivity index (χ2n) is 4.86. The monoisotopic (exact) mass is 278 g/mol. The first-order valence-corrected chi connectivity index (χ1v) is 7.11.